The highest BCUT2D eigenvalue weighted by atomic mass is 28.4. The first-order valence-corrected chi connectivity index (χ1v) is 9.06. The van der Waals surface area contributed by atoms with E-state index in [2.05, 4.69) is 40.4 Å². The minimum absolute atomic E-state index is 0.217. The number of hydrogen-bond acceptors (Lipinski definition) is 2. The van der Waals surface area contributed by atoms with Crippen LogP contribution in [-0.4, -0.2) is 25.6 Å². The van der Waals surface area contributed by atoms with Crippen molar-refractivity contribution in [3.05, 3.63) is 12.7 Å². The van der Waals surface area contributed by atoms with Crippen LogP contribution in [0.2, 0.25) is 18.1 Å². The van der Waals surface area contributed by atoms with Crippen LogP contribution in [0, 0.1) is 5.92 Å². The minimum Gasteiger partial charge on any atom is -0.414 e. The Kier molecular flexibility index (Phi) is 4.03. The molecule has 1 fully saturated rings. The van der Waals surface area contributed by atoms with Gasteiger partial charge in [-0.3, -0.25) is 0 Å². The SMILES string of the molecule is C=C[C@H]1C[C@H](O[Si](C)(C)C(C)(C)C)C[C@@H]1O. The summed E-state index contributed by atoms with van der Waals surface area (Å²) < 4.78 is 6.30. The van der Waals surface area contributed by atoms with Crippen LogP contribution in [0.5, 0.6) is 0 Å². The van der Waals surface area contributed by atoms with Crippen molar-refractivity contribution in [2.75, 3.05) is 0 Å². The summed E-state index contributed by atoms with van der Waals surface area (Å²) in [6.45, 7) is 15.0. The summed E-state index contributed by atoms with van der Waals surface area (Å²) in [5.74, 6) is 0.217. The number of rotatable bonds is 3. The molecule has 94 valence electrons. The van der Waals surface area contributed by atoms with Crippen LogP contribution >= 0.6 is 0 Å². The third-order valence-corrected chi connectivity index (χ3v) is 8.64. The van der Waals surface area contributed by atoms with Gasteiger partial charge >= 0.3 is 0 Å². The number of aliphatic hydroxyl groups excluding tert-OH is 1. The molecule has 0 unspecified atom stereocenters. The van der Waals surface area contributed by atoms with Crippen molar-refractivity contribution in [3.8, 4) is 0 Å². The molecule has 1 aliphatic rings. The van der Waals surface area contributed by atoms with Gasteiger partial charge in [-0.2, -0.15) is 0 Å². The second kappa shape index (κ2) is 4.63. The van der Waals surface area contributed by atoms with Crippen LogP contribution in [0.4, 0.5) is 0 Å². The standard InChI is InChI=1S/C13H26O2Si/c1-7-10-8-11(9-12(10)14)15-16(5,6)13(2,3)4/h7,10-12,14H,1,8-9H2,2-6H3/t10-,11-,12-/m0/s1. The Labute approximate surface area is 101 Å². The van der Waals surface area contributed by atoms with Gasteiger partial charge in [-0.25, -0.2) is 0 Å². The summed E-state index contributed by atoms with van der Waals surface area (Å²) in [4.78, 5) is 0. The predicted molar refractivity (Wildman–Crippen MR) is 71.0 cm³/mol. The largest absolute Gasteiger partial charge is 0.414 e. The molecule has 0 aromatic rings. The average molecular weight is 242 g/mol. The monoisotopic (exact) mass is 242 g/mol. The van der Waals surface area contributed by atoms with Crippen molar-refractivity contribution in [1.29, 1.82) is 0 Å². The van der Waals surface area contributed by atoms with E-state index in [1.165, 1.54) is 0 Å². The van der Waals surface area contributed by atoms with Gasteiger partial charge in [0.15, 0.2) is 8.32 Å². The van der Waals surface area contributed by atoms with E-state index >= 15 is 0 Å². The maximum Gasteiger partial charge on any atom is 0.192 e. The first-order valence-electron chi connectivity index (χ1n) is 6.16. The first kappa shape index (κ1) is 13.9. The maximum absolute atomic E-state index is 9.82. The van der Waals surface area contributed by atoms with Crippen LogP contribution < -0.4 is 0 Å². The lowest BCUT2D eigenvalue weighted by Crippen LogP contribution is -2.43. The number of hydrogen-bond donors (Lipinski definition) is 1. The van der Waals surface area contributed by atoms with Gasteiger partial charge in [-0.1, -0.05) is 26.8 Å². The molecule has 1 saturated carbocycles. The fraction of sp³-hybridized carbons (Fsp3) is 0.846. The van der Waals surface area contributed by atoms with Crippen molar-refractivity contribution in [2.45, 2.75) is 64.0 Å². The van der Waals surface area contributed by atoms with Crippen molar-refractivity contribution < 1.29 is 9.53 Å². The second-order valence-corrected chi connectivity index (χ2v) is 11.2. The van der Waals surface area contributed by atoms with E-state index in [9.17, 15) is 5.11 Å². The highest BCUT2D eigenvalue weighted by molar-refractivity contribution is 6.74. The summed E-state index contributed by atoms with van der Waals surface area (Å²) in [7, 11) is -1.69. The summed E-state index contributed by atoms with van der Waals surface area (Å²) in [6.07, 6.45) is 3.52. The molecular weight excluding hydrogens is 216 g/mol. The zero-order chi connectivity index (χ0) is 12.6. The molecular formula is C13H26O2Si. The van der Waals surface area contributed by atoms with Gasteiger partial charge in [0.2, 0.25) is 0 Å². The highest BCUT2D eigenvalue weighted by Gasteiger charge is 2.42. The highest BCUT2D eigenvalue weighted by Crippen LogP contribution is 2.40. The molecule has 2 nitrogen and oxygen atoms in total. The quantitative estimate of drug-likeness (QED) is 0.607. The van der Waals surface area contributed by atoms with E-state index in [-0.39, 0.29) is 23.2 Å². The normalized spacial score (nSPS) is 31.8. The van der Waals surface area contributed by atoms with E-state index in [1.54, 1.807) is 0 Å². The lowest BCUT2D eigenvalue weighted by atomic mass is 10.1. The van der Waals surface area contributed by atoms with Crippen LogP contribution in [0.25, 0.3) is 0 Å². The Hall–Kier alpha value is -0.123. The lowest BCUT2D eigenvalue weighted by molar-refractivity contribution is 0.132. The third-order valence-electron chi connectivity index (χ3n) is 4.10. The Balaban J connectivity index is 2.60. The molecule has 3 atom stereocenters. The average Bonchev–Trinajstić information content (AvgIpc) is 2.43. The fourth-order valence-corrected chi connectivity index (χ4v) is 3.32. The Morgan fingerprint density at radius 1 is 1.31 bits per heavy atom. The molecule has 16 heavy (non-hydrogen) atoms. The Morgan fingerprint density at radius 3 is 2.25 bits per heavy atom. The molecule has 0 aliphatic heterocycles. The third kappa shape index (κ3) is 2.96. The summed E-state index contributed by atoms with van der Waals surface area (Å²) in [5.41, 5.74) is 0. The molecule has 0 heterocycles. The van der Waals surface area contributed by atoms with E-state index in [4.69, 9.17) is 4.43 Å². The molecule has 0 spiro atoms. The molecule has 0 aromatic carbocycles. The van der Waals surface area contributed by atoms with E-state index in [0.29, 0.717) is 0 Å². The van der Waals surface area contributed by atoms with Crippen LogP contribution in [0.15, 0.2) is 12.7 Å². The van der Waals surface area contributed by atoms with Gasteiger partial charge in [0, 0.05) is 12.0 Å². The van der Waals surface area contributed by atoms with Crippen molar-refractivity contribution in [2.24, 2.45) is 5.92 Å². The summed E-state index contributed by atoms with van der Waals surface area (Å²) in [6, 6.07) is 0. The molecule has 0 aromatic heterocycles. The predicted octanol–water partition coefficient (Wildman–Crippen LogP) is 3.33. The van der Waals surface area contributed by atoms with Crippen molar-refractivity contribution in [3.63, 3.8) is 0 Å². The van der Waals surface area contributed by atoms with Gasteiger partial charge in [0.05, 0.1) is 6.10 Å². The molecule has 0 bridgehead atoms. The topological polar surface area (TPSA) is 29.5 Å². The van der Waals surface area contributed by atoms with Gasteiger partial charge < -0.3 is 9.53 Å². The molecule has 1 N–H and O–H groups in total. The van der Waals surface area contributed by atoms with E-state index in [0.717, 1.165) is 12.8 Å². The second-order valence-electron chi connectivity index (χ2n) is 6.44. The lowest BCUT2D eigenvalue weighted by Gasteiger charge is -2.38. The first-order chi connectivity index (χ1) is 7.17. The van der Waals surface area contributed by atoms with Crippen LogP contribution in [-0.2, 0) is 4.43 Å². The summed E-state index contributed by atoms with van der Waals surface area (Å²) in [5, 5.41) is 10.1. The zero-order valence-corrected chi connectivity index (χ0v) is 12.3. The molecule has 0 amide bonds. The Morgan fingerprint density at radius 2 is 1.88 bits per heavy atom. The molecule has 3 heteroatoms. The fourth-order valence-electron chi connectivity index (χ4n) is 1.94. The van der Waals surface area contributed by atoms with Gasteiger partial charge in [0.1, 0.15) is 0 Å². The van der Waals surface area contributed by atoms with Crippen molar-refractivity contribution >= 4 is 8.32 Å². The van der Waals surface area contributed by atoms with Crippen molar-refractivity contribution in [1.82, 2.24) is 0 Å². The molecule has 1 rings (SSSR count). The van der Waals surface area contributed by atoms with Gasteiger partial charge in [0.25, 0.3) is 0 Å². The smallest absolute Gasteiger partial charge is 0.192 e. The molecule has 0 radical (unpaired) electrons. The van der Waals surface area contributed by atoms with Crippen LogP contribution in [0.3, 0.4) is 0 Å². The molecule has 1 aliphatic carbocycles. The van der Waals surface area contributed by atoms with Crippen LogP contribution in [0.1, 0.15) is 33.6 Å². The number of aliphatic hydroxyl groups is 1. The van der Waals surface area contributed by atoms with Gasteiger partial charge in [-0.05, 0) is 31.0 Å². The summed E-state index contributed by atoms with van der Waals surface area (Å²) >= 11 is 0. The zero-order valence-electron chi connectivity index (χ0n) is 11.3. The Bertz CT molecular complexity index is 255. The van der Waals surface area contributed by atoms with E-state index in [1.807, 2.05) is 6.08 Å². The molecule has 0 saturated heterocycles. The maximum atomic E-state index is 9.82. The van der Waals surface area contributed by atoms with E-state index < -0.39 is 8.32 Å². The minimum atomic E-state index is -1.69. The van der Waals surface area contributed by atoms with Gasteiger partial charge in [-0.15, -0.1) is 6.58 Å².